The van der Waals surface area contributed by atoms with E-state index in [1.807, 2.05) is 0 Å². The van der Waals surface area contributed by atoms with Gasteiger partial charge >= 0.3 is 0 Å². The molecule has 0 radical (unpaired) electrons. The molecule has 1 aliphatic rings. The summed E-state index contributed by atoms with van der Waals surface area (Å²) in [6.45, 7) is 1.69. The van der Waals surface area contributed by atoms with Gasteiger partial charge < -0.3 is 14.2 Å². The van der Waals surface area contributed by atoms with E-state index in [9.17, 15) is 17.6 Å². The van der Waals surface area contributed by atoms with E-state index < -0.39 is 21.7 Å². The van der Waals surface area contributed by atoms with Crippen LogP contribution >= 0.6 is 0 Å². The highest BCUT2D eigenvalue weighted by molar-refractivity contribution is 7.93. The third-order valence-electron chi connectivity index (χ3n) is 5.30. The van der Waals surface area contributed by atoms with Crippen LogP contribution in [0.1, 0.15) is 49.4 Å². The highest BCUT2D eigenvalue weighted by atomic mass is 32.2. The number of rotatable bonds is 9. The number of methoxy groups -OCH3 is 2. The van der Waals surface area contributed by atoms with Gasteiger partial charge in [-0.2, -0.15) is 0 Å². The zero-order valence-corrected chi connectivity index (χ0v) is 19.3. The molecule has 3 rings (SSSR count). The van der Waals surface area contributed by atoms with Gasteiger partial charge in [-0.1, -0.05) is 6.92 Å². The largest absolute Gasteiger partial charge is 0.494 e. The van der Waals surface area contributed by atoms with E-state index in [1.54, 1.807) is 13.0 Å². The average molecular weight is 466 g/mol. The monoisotopic (exact) mass is 465 g/mol. The first kappa shape index (κ1) is 23.8. The minimum absolute atomic E-state index is 0.0184. The number of anilines is 1. The van der Waals surface area contributed by atoms with Crippen LogP contribution in [0.2, 0.25) is 0 Å². The molecule has 0 heterocycles. The molecule has 2 aromatic carbocycles. The van der Waals surface area contributed by atoms with E-state index >= 15 is 0 Å². The SMILES string of the molecule is CCCS(=O)(=O)N(C(=O)c1ccc(OC)c(OC2CCCC2)c1)c1ccc(OC)c(F)c1. The van der Waals surface area contributed by atoms with Crippen molar-refractivity contribution in [2.24, 2.45) is 0 Å². The summed E-state index contributed by atoms with van der Waals surface area (Å²) in [6, 6.07) is 8.12. The lowest BCUT2D eigenvalue weighted by molar-refractivity contribution is 0.100. The highest BCUT2D eigenvalue weighted by Gasteiger charge is 2.31. The summed E-state index contributed by atoms with van der Waals surface area (Å²) < 4.78 is 57.3. The predicted octanol–water partition coefficient (Wildman–Crippen LogP) is 4.55. The molecule has 0 N–H and O–H groups in total. The number of nitrogens with zero attached hydrogens (tertiary/aromatic N) is 1. The van der Waals surface area contributed by atoms with E-state index in [-0.39, 0.29) is 28.9 Å². The minimum Gasteiger partial charge on any atom is -0.494 e. The van der Waals surface area contributed by atoms with Crippen LogP contribution in [0, 0.1) is 5.82 Å². The lowest BCUT2D eigenvalue weighted by Crippen LogP contribution is -2.38. The molecule has 32 heavy (non-hydrogen) atoms. The van der Waals surface area contributed by atoms with Crippen LogP contribution in [0.15, 0.2) is 36.4 Å². The summed E-state index contributed by atoms with van der Waals surface area (Å²) in [5.74, 6) is -1.07. The number of ether oxygens (including phenoxy) is 3. The minimum atomic E-state index is -4.06. The number of amides is 1. The van der Waals surface area contributed by atoms with Gasteiger partial charge in [0.15, 0.2) is 23.1 Å². The Bertz CT molecular complexity index is 1070. The molecule has 1 aliphatic carbocycles. The summed E-state index contributed by atoms with van der Waals surface area (Å²) in [4.78, 5) is 13.4. The second-order valence-corrected chi connectivity index (χ2v) is 9.53. The van der Waals surface area contributed by atoms with Crippen molar-refractivity contribution in [2.45, 2.75) is 45.1 Å². The van der Waals surface area contributed by atoms with Crippen molar-refractivity contribution in [3.63, 3.8) is 0 Å². The van der Waals surface area contributed by atoms with Crippen LogP contribution in [-0.2, 0) is 10.0 Å². The maximum absolute atomic E-state index is 14.3. The van der Waals surface area contributed by atoms with E-state index in [1.165, 1.54) is 38.5 Å². The smallest absolute Gasteiger partial charge is 0.272 e. The maximum Gasteiger partial charge on any atom is 0.272 e. The van der Waals surface area contributed by atoms with Crippen molar-refractivity contribution in [3.05, 3.63) is 47.8 Å². The van der Waals surface area contributed by atoms with E-state index in [0.717, 1.165) is 31.7 Å². The lowest BCUT2D eigenvalue weighted by Gasteiger charge is -2.23. The second kappa shape index (κ2) is 10.2. The molecule has 0 spiro atoms. The molecule has 0 aliphatic heterocycles. The first-order chi connectivity index (χ1) is 15.3. The van der Waals surface area contributed by atoms with Gasteiger partial charge in [0.25, 0.3) is 5.91 Å². The molecule has 0 aromatic heterocycles. The van der Waals surface area contributed by atoms with Gasteiger partial charge in [-0.05, 0) is 62.4 Å². The van der Waals surface area contributed by atoms with Gasteiger partial charge in [-0.25, -0.2) is 17.1 Å². The molecular weight excluding hydrogens is 437 g/mol. The summed E-state index contributed by atoms with van der Waals surface area (Å²) in [6.07, 6.45) is 4.26. The Morgan fingerprint density at radius 1 is 1.03 bits per heavy atom. The normalized spacial score (nSPS) is 14.2. The first-order valence-electron chi connectivity index (χ1n) is 10.6. The number of hydrogen-bond acceptors (Lipinski definition) is 6. The Labute approximate surface area is 188 Å². The number of carbonyl (C=O) groups excluding carboxylic acids is 1. The van der Waals surface area contributed by atoms with E-state index in [4.69, 9.17) is 14.2 Å². The molecule has 0 unspecified atom stereocenters. The molecule has 174 valence electrons. The summed E-state index contributed by atoms with van der Waals surface area (Å²) in [5, 5.41) is 0. The topological polar surface area (TPSA) is 82.1 Å². The molecule has 1 saturated carbocycles. The lowest BCUT2D eigenvalue weighted by atomic mass is 10.1. The van der Waals surface area contributed by atoms with Crippen molar-refractivity contribution in [1.82, 2.24) is 0 Å². The van der Waals surface area contributed by atoms with Crippen molar-refractivity contribution in [2.75, 3.05) is 24.3 Å². The number of halogens is 1. The number of benzene rings is 2. The van der Waals surface area contributed by atoms with Crippen molar-refractivity contribution in [3.8, 4) is 17.2 Å². The van der Waals surface area contributed by atoms with Crippen LogP contribution < -0.4 is 18.5 Å². The number of carbonyl (C=O) groups is 1. The van der Waals surface area contributed by atoms with E-state index in [2.05, 4.69) is 0 Å². The van der Waals surface area contributed by atoms with E-state index in [0.29, 0.717) is 22.2 Å². The fourth-order valence-corrected chi connectivity index (χ4v) is 5.23. The molecule has 9 heteroatoms. The van der Waals surface area contributed by atoms with Gasteiger partial charge in [0.1, 0.15) is 0 Å². The third kappa shape index (κ3) is 5.15. The summed E-state index contributed by atoms with van der Waals surface area (Å²) >= 11 is 0. The maximum atomic E-state index is 14.3. The first-order valence-corrected chi connectivity index (χ1v) is 12.2. The molecule has 2 aromatic rings. The van der Waals surface area contributed by atoms with Crippen molar-refractivity contribution < 1.29 is 31.8 Å². The summed E-state index contributed by atoms with van der Waals surface area (Å²) in [5.41, 5.74) is -0.00877. The van der Waals surface area contributed by atoms with Crippen LogP contribution in [-0.4, -0.2) is 40.4 Å². The van der Waals surface area contributed by atoms with Gasteiger partial charge in [-0.3, -0.25) is 4.79 Å². The van der Waals surface area contributed by atoms with Crippen molar-refractivity contribution in [1.29, 1.82) is 0 Å². The van der Waals surface area contributed by atoms with Crippen LogP contribution in [0.4, 0.5) is 10.1 Å². The summed E-state index contributed by atoms with van der Waals surface area (Å²) in [7, 11) is -1.26. The Kier molecular flexibility index (Phi) is 7.60. The predicted molar refractivity (Wildman–Crippen MR) is 120 cm³/mol. The van der Waals surface area contributed by atoms with Gasteiger partial charge in [0.2, 0.25) is 10.0 Å². The zero-order chi connectivity index (χ0) is 23.3. The number of sulfonamides is 1. The Morgan fingerprint density at radius 2 is 1.69 bits per heavy atom. The van der Waals surface area contributed by atoms with Gasteiger partial charge in [0.05, 0.1) is 31.8 Å². The van der Waals surface area contributed by atoms with Crippen LogP contribution in [0.25, 0.3) is 0 Å². The third-order valence-corrected chi connectivity index (χ3v) is 7.16. The van der Waals surface area contributed by atoms with Gasteiger partial charge in [-0.15, -0.1) is 0 Å². The molecule has 7 nitrogen and oxygen atoms in total. The Morgan fingerprint density at radius 3 is 2.28 bits per heavy atom. The van der Waals surface area contributed by atoms with Crippen LogP contribution in [0.3, 0.4) is 0 Å². The van der Waals surface area contributed by atoms with Crippen molar-refractivity contribution >= 4 is 21.6 Å². The standard InChI is InChI=1S/C23H28FNO6S/c1-4-13-32(27,28)25(17-10-12-20(29-2)19(24)15-17)23(26)16-9-11-21(30-3)22(14-16)31-18-7-5-6-8-18/h9-12,14-15,18H,4-8,13H2,1-3H3. The number of hydrogen-bond donors (Lipinski definition) is 0. The Balaban J connectivity index is 2.03. The zero-order valence-electron chi connectivity index (χ0n) is 18.5. The fourth-order valence-electron chi connectivity index (χ4n) is 3.74. The fraction of sp³-hybridized carbons (Fsp3) is 0.435. The Hall–Kier alpha value is -2.81. The molecular formula is C23H28FNO6S. The van der Waals surface area contributed by atoms with Gasteiger partial charge in [0, 0.05) is 11.6 Å². The van der Waals surface area contributed by atoms with Crippen LogP contribution in [0.5, 0.6) is 17.2 Å². The molecule has 1 fully saturated rings. The average Bonchev–Trinajstić information content (AvgIpc) is 3.26. The molecule has 0 atom stereocenters. The molecule has 0 bridgehead atoms. The highest BCUT2D eigenvalue weighted by Crippen LogP contribution is 2.34. The molecule has 1 amide bonds. The molecule has 0 saturated heterocycles. The quantitative estimate of drug-likeness (QED) is 0.540. The second-order valence-electron chi connectivity index (χ2n) is 7.59.